The van der Waals surface area contributed by atoms with E-state index in [0.29, 0.717) is 10.6 Å². The lowest BCUT2D eigenvalue weighted by Crippen LogP contribution is -2.43. The van der Waals surface area contributed by atoms with Gasteiger partial charge in [0, 0.05) is 36.4 Å². The van der Waals surface area contributed by atoms with Crippen LogP contribution in [0.4, 0.5) is 15.9 Å². The maximum atomic E-state index is 14.9. The minimum Gasteiger partial charge on any atom is -0.491 e. The van der Waals surface area contributed by atoms with Crippen LogP contribution in [-0.4, -0.2) is 64.5 Å². The van der Waals surface area contributed by atoms with Crippen molar-refractivity contribution in [3.05, 3.63) is 47.0 Å². The number of imidazole rings is 1. The minimum absolute atomic E-state index is 0.0437. The molecule has 0 saturated carbocycles. The van der Waals surface area contributed by atoms with Crippen molar-refractivity contribution in [2.24, 2.45) is 0 Å². The number of nitrogens with zero attached hydrogens (tertiary/aromatic N) is 5. The summed E-state index contributed by atoms with van der Waals surface area (Å²) in [5, 5.41) is 3.71. The lowest BCUT2D eigenvalue weighted by Gasteiger charge is -2.32. The first-order valence-corrected chi connectivity index (χ1v) is 12.6. The van der Waals surface area contributed by atoms with Crippen LogP contribution in [0.1, 0.15) is 34.6 Å². The molecule has 0 unspecified atom stereocenters. The summed E-state index contributed by atoms with van der Waals surface area (Å²) in [5.41, 5.74) is 1.34. The summed E-state index contributed by atoms with van der Waals surface area (Å²) in [6.45, 7) is 4.92. The SMILES string of the molecule is COc1c(NC(=O)c2cc3ccc(N4CC[C@]5(CCCN5C)C4)nc3s2)cn2cc(C)nc2c1F. The Balaban J connectivity index is 1.26. The molecule has 4 aromatic rings. The molecule has 1 spiro atoms. The Bertz CT molecular complexity index is 1470. The number of fused-ring (bicyclic) bond motifs is 2. The molecule has 8 nitrogen and oxygen atoms in total. The zero-order valence-electron chi connectivity index (χ0n) is 20.0. The van der Waals surface area contributed by atoms with Crippen LogP contribution in [0.5, 0.6) is 5.75 Å². The van der Waals surface area contributed by atoms with Gasteiger partial charge in [-0.2, -0.15) is 4.39 Å². The first-order chi connectivity index (χ1) is 16.9. The van der Waals surface area contributed by atoms with Crippen molar-refractivity contribution in [1.82, 2.24) is 19.3 Å². The first kappa shape index (κ1) is 22.2. The molecular formula is C25H27FN6O2S. The van der Waals surface area contributed by atoms with Gasteiger partial charge in [0.25, 0.3) is 5.91 Å². The number of likely N-dealkylation sites (tertiary alicyclic amines) is 1. The van der Waals surface area contributed by atoms with E-state index < -0.39 is 5.82 Å². The van der Waals surface area contributed by atoms with E-state index in [2.05, 4.69) is 27.1 Å². The molecule has 0 bridgehead atoms. The topological polar surface area (TPSA) is 75.0 Å². The second-order valence-electron chi connectivity index (χ2n) is 9.55. The maximum absolute atomic E-state index is 14.9. The third kappa shape index (κ3) is 3.63. The maximum Gasteiger partial charge on any atom is 0.265 e. The van der Waals surface area contributed by atoms with Gasteiger partial charge >= 0.3 is 0 Å². The van der Waals surface area contributed by atoms with Gasteiger partial charge in [0.15, 0.2) is 11.4 Å². The molecule has 35 heavy (non-hydrogen) atoms. The van der Waals surface area contributed by atoms with Gasteiger partial charge in [-0.25, -0.2) is 9.97 Å². The zero-order chi connectivity index (χ0) is 24.3. The van der Waals surface area contributed by atoms with E-state index in [1.165, 1.54) is 31.3 Å². The fraction of sp³-hybridized carbons (Fsp3) is 0.400. The molecule has 2 fully saturated rings. The third-order valence-electron chi connectivity index (χ3n) is 7.41. The van der Waals surface area contributed by atoms with Crippen LogP contribution < -0.4 is 15.0 Å². The second-order valence-corrected chi connectivity index (χ2v) is 10.6. The number of carbonyl (C=O) groups excluding carboxylic acids is 1. The minimum atomic E-state index is -0.614. The summed E-state index contributed by atoms with van der Waals surface area (Å²) >= 11 is 1.33. The first-order valence-electron chi connectivity index (χ1n) is 11.8. The monoisotopic (exact) mass is 494 g/mol. The number of likely N-dealkylation sites (N-methyl/N-ethyl adjacent to an activating group) is 1. The van der Waals surface area contributed by atoms with Crippen LogP contribution in [-0.2, 0) is 0 Å². The summed E-state index contributed by atoms with van der Waals surface area (Å²) in [6.07, 6.45) is 6.95. The number of hydrogen-bond acceptors (Lipinski definition) is 7. The third-order valence-corrected chi connectivity index (χ3v) is 8.45. The van der Waals surface area contributed by atoms with E-state index in [4.69, 9.17) is 9.72 Å². The Hall–Kier alpha value is -3.24. The van der Waals surface area contributed by atoms with Gasteiger partial charge in [0.05, 0.1) is 17.7 Å². The van der Waals surface area contributed by atoms with Crippen molar-refractivity contribution in [2.45, 2.75) is 31.7 Å². The molecule has 2 saturated heterocycles. The molecule has 6 rings (SSSR count). The van der Waals surface area contributed by atoms with Crippen LogP contribution in [0.15, 0.2) is 30.6 Å². The lowest BCUT2D eigenvalue weighted by atomic mass is 9.96. The van der Waals surface area contributed by atoms with Crippen molar-refractivity contribution in [2.75, 3.05) is 44.0 Å². The highest BCUT2D eigenvalue weighted by molar-refractivity contribution is 7.20. The van der Waals surface area contributed by atoms with E-state index in [-0.39, 0.29) is 28.5 Å². The summed E-state index contributed by atoms with van der Waals surface area (Å²) in [6, 6.07) is 5.89. The molecule has 0 aromatic carbocycles. The Labute approximate surface area is 206 Å². The number of aromatic nitrogens is 3. The van der Waals surface area contributed by atoms with E-state index >= 15 is 0 Å². The van der Waals surface area contributed by atoms with Crippen LogP contribution >= 0.6 is 11.3 Å². The summed E-state index contributed by atoms with van der Waals surface area (Å²) < 4.78 is 21.7. The number of carbonyl (C=O) groups is 1. The van der Waals surface area contributed by atoms with Gasteiger partial charge in [-0.15, -0.1) is 11.3 Å². The standard InChI is InChI=1S/C25H27FN6O2S/c1-15-12-32-13-17(21(34-3)20(26)22(32)27-15)28-23(33)18-11-16-5-6-19(29-24(16)35-18)31-10-8-25(14-31)7-4-9-30(25)2/h5-6,11-13H,4,7-10,14H2,1-3H3,(H,28,33)/t25-/m1/s1. The number of rotatable bonds is 4. The van der Waals surface area contributed by atoms with Crippen molar-refractivity contribution in [1.29, 1.82) is 0 Å². The number of amides is 1. The highest BCUT2D eigenvalue weighted by Crippen LogP contribution is 2.39. The number of methoxy groups -OCH3 is 1. The van der Waals surface area contributed by atoms with E-state index in [1.807, 2.05) is 18.2 Å². The Morgan fingerprint density at radius 2 is 2.09 bits per heavy atom. The number of hydrogen-bond donors (Lipinski definition) is 1. The van der Waals surface area contributed by atoms with Gasteiger partial charge in [-0.05, 0) is 58.0 Å². The predicted octanol–water partition coefficient (Wildman–Crippen LogP) is 4.33. The highest BCUT2D eigenvalue weighted by Gasteiger charge is 2.44. The number of anilines is 2. The van der Waals surface area contributed by atoms with Gasteiger partial charge in [-0.3, -0.25) is 9.69 Å². The normalized spacial score (nSPS) is 20.5. The molecule has 6 heterocycles. The molecule has 1 amide bonds. The van der Waals surface area contributed by atoms with Gasteiger partial charge in [-0.1, -0.05) is 0 Å². The number of thiophene rings is 1. The van der Waals surface area contributed by atoms with E-state index in [1.54, 1.807) is 23.7 Å². The summed E-state index contributed by atoms with van der Waals surface area (Å²) in [4.78, 5) is 28.3. The number of pyridine rings is 2. The molecular weight excluding hydrogens is 467 g/mol. The molecule has 1 N–H and O–H groups in total. The number of aryl methyl sites for hydroxylation is 1. The zero-order valence-corrected chi connectivity index (χ0v) is 20.8. The molecule has 2 aliphatic rings. The van der Waals surface area contributed by atoms with Crippen LogP contribution in [0.3, 0.4) is 0 Å². The van der Waals surface area contributed by atoms with Gasteiger partial charge < -0.3 is 19.4 Å². The molecule has 0 aliphatic carbocycles. The fourth-order valence-corrected chi connectivity index (χ4v) is 6.43. The fourth-order valence-electron chi connectivity index (χ4n) is 5.50. The Kier molecular flexibility index (Phi) is 5.19. The number of nitrogens with one attached hydrogen (secondary N) is 1. The number of ether oxygens (including phenoxy) is 1. The molecule has 182 valence electrons. The molecule has 10 heteroatoms. The average molecular weight is 495 g/mol. The number of halogens is 1. The van der Waals surface area contributed by atoms with Crippen LogP contribution in [0.2, 0.25) is 0 Å². The Morgan fingerprint density at radius 3 is 2.86 bits per heavy atom. The van der Waals surface area contributed by atoms with Crippen molar-refractivity contribution < 1.29 is 13.9 Å². The molecule has 4 aromatic heterocycles. The van der Waals surface area contributed by atoms with Gasteiger partial charge in [0.1, 0.15) is 16.3 Å². The van der Waals surface area contributed by atoms with Crippen molar-refractivity contribution in [3.8, 4) is 5.75 Å². The second kappa shape index (κ2) is 8.17. The molecule has 1 atom stereocenters. The molecule has 2 aliphatic heterocycles. The van der Waals surface area contributed by atoms with Gasteiger partial charge in [0.2, 0.25) is 5.82 Å². The van der Waals surface area contributed by atoms with E-state index in [9.17, 15) is 9.18 Å². The predicted molar refractivity (Wildman–Crippen MR) is 135 cm³/mol. The van der Waals surface area contributed by atoms with Crippen LogP contribution in [0, 0.1) is 12.7 Å². The Morgan fingerprint density at radius 1 is 1.23 bits per heavy atom. The van der Waals surface area contributed by atoms with Crippen LogP contribution in [0.25, 0.3) is 15.9 Å². The molecule has 0 radical (unpaired) electrons. The lowest BCUT2D eigenvalue weighted by molar-refractivity contribution is 0.103. The summed E-state index contributed by atoms with van der Waals surface area (Å²) in [5.74, 6) is -0.0422. The van der Waals surface area contributed by atoms with E-state index in [0.717, 1.165) is 42.1 Å². The average Bonchev–Trinajstić information content (AvgIpc) is 3.61. The summed E-state index contributed by atoms with van der Waals surface area (Å²) in [7, 11) is 3.60. The quantitative estimate of drug-likeness (QED) is 0.455. The highest BCUT2D eigenvalue weighted by atomic mass is 32.1. The largest absolute Gasteiger partial charge is 0.491 e. The smallest absolute Gasteiger partial charge is 0.265 e. The van der Waals surface area contributed by atoms with Crippen molar-refractivity contribution >= 4 is 44.6 Å². The van der Waals surface area contributed by atoms with Crippen molar-refractivity contribution in [3.63, 3.8) is 0 Å².